The number of hydrogen-bond donors (Lipinski definition) is 0. The van der Waals surface area contributed by atoms with E-state index in [9.17, 15) is 14.9 Å². The van der Waals surface area contributed by atoms with Crippen molar-refractivity contribution < 1.29 is 9.72 Å². The van der Waals surface area contributed by atoms with Gasteiger partial charge in [0.25, 0.3) is 0 Å². The Labute approximate surface area is 117 Å². The molecule has 0 unspecified atom stereocenters. The second-order valence-corrected chi connectivity index (χ2v) is 5.11. The molecule has 2 heterocycles. The van der Waals surface area contributed by atoms with Crippen molar-refractivity contribution in [1.29, 1.82) is 0 Å². The Hall–Kier alpha value is -2.12. The second kappa shape index (κ2) is 5.48. The van der Waals surface area contributed by atoms with E-state index in [1.165, 1.54) is 6.33 Å². The number of imidazole rings is 1. The minimum absolute atomic E-state index is 0.0509. The van der Waals surface area contributed by atoms with Gasteiger partial charge in [-0.25, -0.2) is 0 Å². The summed E-state index contributed by atoms with van der Waals surface area (Å²) in [7, 11) is 3.55. The third-order valence-electron chi connectivity index (χ3n) is 3.87. The van der Waals surface area contributed by atoms with Gasteiger partial charge in [-0.15, -0.1) is 0 Å². The van der Waals surface area contributed by atoms with Crippen LogP contribution in [0.5, 0.6) is 0 Å². The van der Waals surface area contributed by atoms with Crippen LogP contribution in [-0.4, -0.2) is 51.5 Å². The van der Waals surface area contributed by atoms with Crippen LogP contribution in [-0.2, 0) is 11.8 Å². The number of anilines is 1. The van der Waals surface area contributed by atoms with Crippen LogP contribution in [0.25, 0.3) is 0 Å². The van der Waals surface area contributed by atoms with Gasteiger partial charge in [-0.2, -0.15) is 0 Å². The zero-order chi connectivity index (χ0) is 14.9. The maximum Gasteiger partial charge on any atom is 0.406 e. The number of nitro groups is 1. The number of amides is 1. The second-order valence-electron chi connectivity index (χ2n) is 5.11. The lowest BCUT2D eigenvalue weighted by molar-refractivity contribution is -0.388. The third-order valence-corrected chi connectivity index (χ3v) is 3.87. The lowest BCUT2D eigenvalue weighted by Crippen LogP contribution is -2.45. The molecule has 0 aliphatic carbocycles. The molecule has 0 saturated carbocycles. The summed E-state index contributed by atoms with van der Waals surface area (Å²) in [5.74, 6) is 0.486. The van der Waals surface area contributed by atoms with Gasteiger partial charge >= 0.3 is 5.82 Å². The summed E-state index contributed by atoms with van der Waals surface area (Å²) in [5.41, 5.74) is 0. The summed E-state index contributed by atoms with van der Waals surface area (Å²) < 4.78 is 1.67. The molecular weight excluding hydrogens is 262 g/mol. The summed E-state index contributed by atoms with van der Waals surface area (Å²) in [5, 5.41) is 11.0. The molecule has 8 nitrogen and oxygen atoms in total. The highest BCUT2D eigenvalue weighted by molar-refractivity contribution is 5.73. The molecule has 0 spiro atoms. The van der Waals surface area contributed by atoms with E-state index in [2.05, 4.69) is 4.98 Å². The van der Waals surface area contributed by atoms with Crippen molar-refractivity contribution in [3.8, 4) is 0 Å². The summed E-state index contributed by atoms with van der Waals surface area (Å²) in [4.78, 5) is 29.4. The Morgan fingerprint density at radius 1 is 1.50 bits per heavy atom. The first-order valence-electron chi connectivity index (χ1n) is 6.56. The number of carbonyl (C=O) groups is 1. The molecule has 1 aliphatic rings. The fraction of sp³-hybridized carbons (Fsp3) is 0.667. The van der Waals surface area contributed by atoms with E-state index in [0.29, 0.717) is 18.9 Å². The molecule has 1 amide bonds. The summed E-state index contributed by atoms with van der Waals surface area (Å²) in [6, 6.07) is 0.205. The zero-order valence-corrected chi connectivity index (χ0v) is 11.9. The SMILES string of the molecule is CC(=O)N(C)C1CCN(c2c([N+](=O)[O-])ncn2C)CC1. The van der Waals surface area contributed by atoms with Gasteiger partial charge < -0.3 is 19.9 Å². The number of rotatable bonds is 3. The Kier molecular flexibility index (Phi) is 3.91. The van der Waals surface area contributed by atoms with E-state index in [4.69, 9.17) is 0 Å². The van der Waals surface area contributed by atoms with E-state index >= 15 is 0 Å². The topological polar surface area (TPSA) is 84.5 Å². The van der Waals surface area contributed by atoms with Crippen molar-refractivity contribution in [2.45, 2.75) is 25.8 Å². The van der Waals surface area contributed by atoms with Crippen molar-refractivity contribution in [1.82, 2.24) is 14.5 Å². The molecule has 0 N–H and O–H groups in total. The van der Waals surface area contributed by atoms with Crippen LogP contribution in [0.1, 0.15) is 19.8 Å². The van der Waals surface area contributed by atoms with Gasteiger partial charge in [0.05, 0.1) is 0 Å². The van der Waals surface area contributed by atoms with Crippen LogP contribution in [0.4, 0.5) is 11.6 Å². The van der Waals surface area contributed by atoms with Crippen LogP contribution in [0.3, 0.4) is 0 Å². The van der Waals surface area contributed by atoms with E-state index in [1.807, 2.05) is 4.90 Å². The van der Waals surface area contributed by atoms with Gasteiger partial charge in [-0.1, -0.05) is 0 Å². The number of aryl methyl sites for hydroxylation is 1. The van der Waals surface area contributed by atoms with Crippen LogP contribution in [0.15, 0.2) is 6.33 Å². The highest BCUT2D eigenvalue weighted by Crippen LogP contribution is 2.29. The van der Waals surface area contributed by atoms with Gasteiger partial charge in [-0.05, 0) is 22.7 Å². The molecule has 0 aromatic carbocycles. The minimum atomic E-state index is -0.455. The maximum atomic E-state index is 11.4. The number of carbonyl (C=O) groups excluding carboxylic acids is 1. The van der Waals surface area contributed by atoms with Crippen LogP contribution in [0, 0.1) is 10.1 Å². The molecule has 1 aliphatic heterocycles. The van der Waals surface area contributed by atoms with Gasteiger partial charge in [0.1, 0.15) is 0 Å². The zero-order valence-electron chi connectivity index (χ0n) is 11.9. The van der Waals surface area contributed by atoms with E-state index in [0.717, 1.165) is 12.8 Å². The largest absolute Gasteiger partial charge is 0.406 e. The number of nitrogens with zero attached hydrogens (tertiary/aromatic N) is 5. The number of hydrogen-bond acceptors (Lipinski definition) is 5. The standard InChI is InChI=1S/C12H19N5O3/c1-9(18)15(3)10-4-6-16(7-5-10)12-11(17(19)20)13-8-14(12)2/h8,10H,4-7H2,1-3H3. The Balaban J connectivity index is 2.10. The molecule has 110 valence electrons. The molecule has 1 aromatic heterocycles. The van der Waals surface area contributed by atoms with Gasteiger partial charge in [-0.3, -0.25) is 9.36 Å². The summed E-state index contributed by atoms with van der Waals surface area (Å²) >= 11 is 0. The van der Waals surface area contributed by atoms with E-state index in [-0.39, 0.29) is 17.8 Å². The molecule has 8 heteroatoms. The van der Waals surface area contributed by atoms with Crippen molar-refractivity contribution in [2.75, 3.05) is 25.0 Å². The fourth-order valence-electron chi connectivity index (χ4n) is 2.63. The average molecular weight is 281 g/mol. The predicted molar refractivity (Wildman–Crippen MR) is 73.5 cm³/mol. The van der Waals surface area contributed by atoms with Crippen LogP contribution >= 0.6 is 0 Å². The molecular formula is C12H19N5O3. The molecule has 0 radical (unpaired) electrons. The summed E-state index contributed by atoms with van der Waals surface area (Å²) in [6.07, 6.45) is 3.07. The van der Waals surface area contributed by atoms with Gasteiger partial charge in [0, 0.05) is 40.2 Å². The molecule has 1 fully saturated rings. The first kappa shape index (κ1) is 14.3. The van der Waals surface area contributed by atoms with Crippen LogP contribution < -0.4 is 4.90 Å². The van der Waals surface area contributed by atoms with Crippen molar-refractivity contribution in [3.63, 3.8) is 0 Å². The van der Waals surface area contributed by atoms with Gasteiger partial charge in [0.15, 0.2) is 0 Å². The van der Waals surface area contributed by atoms with Crippen LogP contribution in [0.2, 0.25) is 0 Å². The molecule has 1 aromatic rings. The highest BCUT2D eigenvalue weighted by atomic mass is 16.6. The Morgan fingerprint density at radius 2 is 2.10 bits per heavy atom. The first-order valence-corrected chi connectivity index (χ1v) is 6.56. The van der Waals surface area contributed by atoms with Crippen molar-refractivity contribution in [2.24, 2.45) is 7.05 Å². The first-order chi connectivity index (χ1) is 9.41. The monoisotopic (exact) mass is 281 g/mol. The lowest BCUT2D eigenvalue weighted by Gasteiger charge is -2.36. The molecule has 20 heavy (non-hydrogen) atoms. The Bertz CT molecular complexity index is 519. The maximum absolute atomic E-state index is 11.4. The van der Waals surface area contributed by atoms with Gasteiger partial charge in [0.2, 0.25) is 18.1 Å². The predicted octanol–water partition coefficient (Wildman–Crippen LogP) is 0.775. The highest BCUT2D eigenvalue weighted by Gasteiger charge is 2.30. The van der Waals surface area contributed by atoms with Crippen molar-refractivity contribution >= 4 is 17.5 Å². The van der Waals surface area contributed by atoms with Crippen molar-refractivity contribution in [3.05, 3.63) is 16.4 Å². The summed E-state index contributed by atoms with van der Waals surface area (Å²) in [6.45, 7) is 2.92. The molecule has 0 atom stereocenters. The minimum Gasteiger partial charge on any atom is -0.358 e. The Morgan fingerprint density at radius 3 is 2.60 bits per heavy atom. The molecule has 0 bridgehead atoms. The third kappa shape index (κ3) is 2.59. The number of piperidine rings is 1. The average Bonchev–Trinajstić information content (AvgIpc) is 2.80. The lowest BCUT2D eigenvalue weighted by atomic mass is 10.0. The van der Waals surface area contributed by atoms with E-state index < -0.39 is 4.92 Å². The quantitative estimate of drug-likeness (QED) is 0.603. The molecule has 2 rings (SSSR count). The molecule has 1 saturated heterocycles. The van der Waals surface area contributed by atoms with E-state index in [1.54, 1.807) is 30.5 Å². The normalized spacial score (nSPS) is 16.2. The fourth-order valence-corrected chi connectivity index (χ4v) is 2.63. The number of aromatic nitrogens is 2. The smallest absolute Gasteiger partial charge is 0.358 e.